The molecule has 2 atom stereocenters. The second-order valence-corrected chi connectivity index (χ2v) is 8.17. The molecule has 0 radical (unpaired) electrons. The molecule has 0 saturated carbocycles. The third kappa shape index (κ3) is 2.94. The van der Waals surface area contributed by atoms with Crippen molar-refractivity contribution < 1.29 is 23.5 Å². The van der Waals surface area contributed by atoms with Crippen LogP contribution in [0.15, 0.2) is 33.7 Å². The fraction of sp³-hybridized carbons (Fsp3) is 0.300. The SMILES string of the molecule is COc1ccc2c(c1)C(=O)N(CC1(c3cc4c(o3)N=C(N)CC4Cl)NC(=O)NC1=O)C2. The standard InChI is InChI=1S/C20H18ClN5O5/c1-30-10-3-2-9-7-26(17(27)11(9)4-10)8-20(18(28)24-19(29)25-20)14-5-12-13(21)6-15(22)23-16(12)31-14/h2-5,13H,6-8H2,1H3,(H2,22,23)(H2,24,25,28,29). The molecule has 31 heavy (non-hydrogen) atoms. The van der Waals surface area contributed by atoms with Crippen molar-refractivity contribution in [1.82, 2.24) is 15.5 Å². The number of imide groups is 1. The summed E-state index contributed by atoms with van der Waals surface area (Å²) in [5.74, 6) is 0.266. The van der Waals surface area contributed by atoms with Crippen LogP contribution in [-0.2, 0) is 16.9 Å². The molecule has 10 nitrogen and oxygen atoms in total. The summed E-state index contributed by atoms with van der Waals surface area (Å²) >= 11 is 6.37. The van der Waals surface area contributed by atoms with Crippen LogP contribution in [0.4, 0.5) is 10.7 Å². The number of carbonyl (C=O) groups is 3. The summed E-state index contributed by atoms with van der Waals surface area (Å²) in [6.07, 6.45) is 0.334. The van der Waals surface area contributed by atoms with Gasteiger partial charge in [0.1, 0.15) is 17.3 Å². The maximum atomic E-state index is 13.0. The number of fused-ring (bicyclic) bond motifs is 2. The lowest BCUT2D eigenvalue weighted by Gasteiger charge is -2.29. The second-order valence-electron chi connectivity index (χ2n) is 7.64. The Hall–Kier alpha value is -3.53. The van der Waals surface area contributed by atoms with E-state index in [9.17, 15) is 14.4 Å². The minimum atomic E-state index is -1.63. The fourth-order valence-corrected chi connectivity index (χ4v) is 4.44. The van der Waals surface area contributed by atoms with Gasteiger partial charge >= 0.3 is 6.03 Å². The summed E-state index contributed by atoms with van der Waals surface area (Å²) in [5.41, 5.74) is 6.02. The number of benzene rings is 1. The van der Waals surface area contributed by atoms with Gasteiger partial charge in [0.05, 0.1) is 19.0 Å². The predicted octanol–water partition coefficient (Wildman–Crippen LogP) is 1.65. The number of nitrogens with one attached hydrogen (secondary N) is 2. The van der Waals surface area contributed by atoms with Crippen molar-refractivity contribution in [3.8, 4) is 5.75 Å². The minimum absolute atomic E-state index is 0.131. The molecule has 0 bridgehead atoms. The highest BCUT2D eigenvalue weighted by Crippen LogP contribution is 2.42. The molecule has 1 saturated heterocycles. The van der Waals surface area contributed by atoms with E-state index in [1.165, 1.54) is 12.0 Å². The number of amidine groups is 1. The number of amides is 4. The first kappa shape index (κ1) is 19.4. The van der Waals surface area contributed by atoms with Crippen LogP contribution in [0.3, 0.4) is 0 Å². The topological polar surface area (TPSA) is 139 Å². The summed E-state index contributed by atoms with van der Waals surface area (Å²) in [7, 11) is 1.52. The molecule has 4 N–H and O–H groups in total. The van der Waals surface area contributed by atoms with Gasteiger partial charge in [0.25, 0.3) is 11.8 Å². The van der Waals surface area contributed by atoms with Crippen LogP contribution < -0.4 is 21.1 Å². The number of hydrogen-bond donors (Lipinski definition) is 3. The van der Waals surface area contributed by atoms with E-state index >= 15 is 0 Å². The maximum absolute atomic E-state index is 13.0. The number of rotatable bonds is 4. The first-order valence-corrected chi connectivity index (χ1v) is 9.95. The Balaban J connectivity index is 1.53. The Morgan fingerprint density at radius 1 is 1.35 bits per heavy atom. The van der Waals surface area contributed by atoms with Gasteiger partial charge in [-0.1, -0.05) is 6.07 Å². The van der Waals surface area contributed by atoms with Crippen LogP contribution in [0.5, 0.6) is 5.75 Å². The molecular formula is C20H18ClN5O5. The zero-order chi connectivity index (χ0) is 21.9. The molecule has 160 valence electrons. The minimum Gasteiger partial charge on any atom is -0.497 e. The Bertz CT molecular complexity index is 1170. The Kier molecular flexibility index (Phi) is 4.23. The third-order valence-corrected chi connectivity index (χ3v) is 6.09. The van der Waals surface area contributed by atoms with Crippen molar-refractivity contribution in [2.45, 2.75) is 23.9 Å². The zero-order valence-electron chi connectivity index (χ0n) is 16.4. The summed E-state index contributed by atoms with van der Waals surface area (Å²) in [4.78, 5) is 43.7. The van der Waals surface area contributed by atoms with Crippen molar-refractivity contribution in [2.75, 3.05) is 13.7 Å². The number of aliphatic imine (C=N–C) groups is 1. The lowest BCUT2D eigenvalue weighted by Crippen LogP contribution is -2.52. The third-order valence-electron chi connectivity index (χ3n) is 5.70. The number of halogens is 1. The molecule has 5 rings (SSSR count). The molecule has 1 fully saturated rings. The molecule has 3 aliphatic rings. The van der Waals surface area contributed by atoms with Gasteiger partial charge in [-0.3, -0.25) is 14.9 Å². The van der Waals surface area contributed by atoms with E-state index in [1.807, 2.05) is 0 Å². The van der Waals surface area contributed by atoms with Crippen molar-refractivity contribution in [1.29, 1.82) is 0 Å². The molecule has 4 amide bonds. The van der Waals surface area contributed by atoms with E-state index in [-0.39, 0.29) is 30.6 Å². The van der Waals surface area contributed by atoms with E-state index in [0.29, 0.717) is 29.1 Å². The van der Waals surface area contributed by atoms with Gasteiger partial charge in [-0.15, -0.1) is 11.6 Å². The van der Waals surface area contributed by atoms with Gasteiger partial charge in [0.15, 0.2) is 5.54 Å². The molecule has 11 heteroatoms. The van der Waals surface area contributed by atoms with Gasteiger partial charge in [-0.25, -0.2) is 9.79 Å². The molecule has 1 aromatic heterocycles. The van der Waals surface area contributed by atoms with Gasteiger partial charge in [-0.05, 0) is 23.8 Å². The molecule has 2 unspecified atom stereocenters. The highest BCUT2D eigenvalue weighted by molar-refractivity contribution is 6.23. The molecule has 2 aromatic rings. The highest BCUT2D eigenvalue weighted by atomic mass is 35.5. The number of carbonyl (C=O) groups excluding carboxylic acids is 3. The van der Waals surface area contributed by atoms with E-state index in [1.54, 1.807) is 24.3 Å². The van der Waals surface area contributed by atoms with Gasteiger partial charge in [-0.2, -0.15) is 0 Å². The largest absolute Gasteiger partial charge is 0.497 e. The van der Waals surface area contributed by atoms with Crippen LogP contribution in [0.2, 0.25) is 0 Å². The normalized spacial score (nSPS) is 24.5. The van der Waals surface area contributed by atoms with Crippen LogP contribution in [0.25, 0.3) is 0 Å². The van der Waals surface area contributed by atoms with E-state index in [0.717, 1.165) is 5.56 Å². The first-order valence-electron chi connectivity index (χ1n) is 9.52. The van der Waals surface area contributed by atoms with Crippen molar-refractivity contribution >= 4 is 41.2 Å². The van der Waals surface area contributed by atoms with Crippen LogP contribution >= 0.6 is 11.6 Å². The van der Waals surface area contributed by atoms with Crippen LogP contribution in [0.1, 0.15) is 39.0 Å². The Morgan fingerprint density at radius 3 is 2.87 bits per heavy atom. The highest BCUT2D eigenvalue weighted by Gasteiger charge is 2.53. The summed E-state index contributed by atoms with van der Waals surface area (Å²) in [6.45, 7) is 0.131. The van der Waals surface area contributed by atoms with Crippen LogP contribution in [0, 0.1) is 0 Å². The molecule has 0 spiro atoms. The number of furan rings is 1. The molecule has 0 aliphatic carbocycles. The quantitative estimate of drug-likeness (QED) is 0.485. The average Bonchev–Trinajstić information content (AvgIpc) is 3.37. The van der Waals surface area contributed by atoms with E-state index in [2.05, 4.69) is 15.6 Å². The van der Waals surface area contributed by atoms with Crippen molar-refractivity contribution in [3.05, 3.63) is 46.7 Å². The summed E-state index contributed by atoms with van der Waals surface area (Å²) < 4.78 is 11.0. The average molecular weight is 444 g/mol. The lowest BCUT2D eigenvalue weighted by atomic mass is 9.94. The molecule has 1 aromatic carbocycles. The number of urea groups is 1. The van der Waals surface area contributed by atoms with E-state index in [4.69, 9.17) is 26.5 Å². The smallest absolute Gasteiger partial charge is 0.322 e. The number of ether oxygens (including phenoxy) is 1. The molecular weight excluding hydrogens is 426 g/mol. The fourth-order valence-electron chi connectivity index (χ4n) is 4.12. The number of methoxy groups -OCH3 is 1. The van der Waals surface area contributed by atoms with Crippen molar-refractivity contribution in [3.63, 3.8) is 0 Å². The van der Waals surface area contributed by atoms with Gasteiger partial charge < -0.3 is 25.1 Å². The summed E-state index contributed by atoms with van der Waals surface area (Å²) in [6, 6.07) is 6.12. The molecule has 4 heterocycles. The number of nitrogens with zero attached hydrogens (tertiary/aromatic N) is 2. The monoisotopic (exact) mass is 443 g/mol. The van der Waals surface area contributed by atoms with Gasteiger partial charge in [0, 0.05) is 24.1 Å². The maximum Gasteiger partial charge on any atom is 0.322 e. The Morgan fingerprint density at radius 2 is 2.16 bits per heavy atom. The van der Waals surface area contributed by atoms with Crippen molar-refractivity contribution in [2.24, 2.45) is 10.7 Å². The molecule has 3 aliphatic heterocycles. The summed E-state index contributed by atoms with van der Waals surface area (Å²) in [5, 5.41) is 4.39. The number of nitrogens with two attached hydrogens (primary N) is 1. The van der Waals surface area contributed by atoms with Gasteiger partial charge in [0.2, 0.25) is 5.88 Å². The van der Waals surface area contributed by atoms with E-state index < -0.39 is 22.9 Å². The first-order chi connectivity index (χ1) is 14.8. The lowest BCUT2D eigenvalue weighted by molar-refractivity contribution is -0.125. The number of hydrogen-bond acceptors (Lipinski definition) is 7. The van der Waals surface area contributed by atoms with Crippen LogP contribution in [-0.4, -0.2) is 42.2 Å². The zero-order valence-corrected chi connectivity index (χ0v) is 17.2. The predicted molar refractivity (Wildman–Crippen MR) is 109 cm³/mol. The second kappa shape index (κ2) is 6.74. The number of alkyl halides is 1. The Labute approximate surface area is 181 Å².